The Labute approximate surface area is 105 Å². The summed E-state index contributed by atoms with van der Waals surface area (Å²) < 4.78 is 26.0. The maximum atomic E-state index is 12.3. The van der Waals surface area contributed by atoms with Gasteiger partial charge in [0.1, 0.15) is 17.9 Å². The zero-order valence-corrected chi connectivity index (χ0v) is 11.0. The van der Waals surface area contributed by atoms with Crippen LogP contribution in [0.3, 0.4) is 0 Å². The summed E-state index contributed by atoms with van der Waals surface area (Å²) in [5, 5.41) is 3.85. The Morgan fingerprint density at radius 2 is 2.11 bits per heavy atom. The molecule has 0 amide bonds. The fraction of sp³-hybridized carbons (Fsp3) is 0.273. The highest BCUT2D eigenvalue weighted by Gasteiger charge is 2.20. The van der Waals surface area contributed by atoms with Crippen molar-refractivity contribution in [3.8, 4) is 0 Å². The third-order valence-electron chi connectivity index (χ3n) is 2.66. The van der Waals surface area contributed by atoms with Crippen LogP contribution in [0, 0.1) is 6.92 Å². The first-order valence-corrected chi connectivity index (χ1v) is 6.97. The van der Waals surface area contributed by atoms with Crippen molar-refractivity contribution < 1.29 is 8.42 Å². The third-order valence-corrected chi connectivity index (χ3v) is 4.42. The van der Waals surface area contributed by atoms with Crippen LogP contribution in [0.2, 0.25) is 0 Å². The van der Waals surface area contributed by atoms with Crippen molar-refractivity contribution in [1.29, 1.82) is 0 Å². The van der Waals surface area contributed by atoms with Crippen LogP contribution < -0.4 is 5.73 Å². The molecule has 1 heterocycles. The minimum Gasteiger partial charge on any atom is -0.399 e. The molecule has 2 aromatic rings. The molecule has 0 aliphatic heterocycles. The lowest BCUT2D eigenvalue weighted by Gasteiger charge is -2.08. The molecule has 0 saturated carbocycles. The van der Waals surface area contributed by atoms with Gasteiger partial charge in [-0.2, -0.15) is 5.10 Å². The van der Waals surface area contributed by atoms with E-state index in [1.807, 2.05) is 0 Å². The van der Waals surface area contributed by atoms with Crippen molar-refractivity contribution in [2.24, 2.45) is 7.05 Å². The predicted molar refractivity (Wildman–Crippen MR) is 67.5 cm³/mol. The normalized spacial score (nSPS) is 11.7. The second-order valence-electron chi connectivity index (χ2n) is 4.08. The molecule has 96 valence electrons. The van der Waals surface area contributed by atoms with E-state index in [2.05, 4.69) is 10.1 Å². The summed E-state index contributed by atoms with van der Waals surface area (Å²) in [4.78, 5) is 4.20. The first-order chi connectivity index (χ1) is 8.40. The van der Waals surface area contributed by atoms with E-state index in [0.717, 1.165) is 0 Å². The van der Waals surface area contributed by atoms with Crippen LogP contribution in [0.25, 0.3) is 0 Å². The summed E-state index contributed by atoms with van der Waals surface area (Å²) in [5.41, 5.74) is 6.79. The highest BCUT2D eigenvalue weighted by molar-refractivity contribution is 7.90. The summed E-state index contributed by atoms with van der Waals surface area (Å²) in [6.07, 6.45) is 1.33. The molecule has 2 N–H and O–H groups in total. The van der Waals surface area contributed by atoms with E-state index in [4.69, 9.17) is 5.73 Å². The van der Waals surface area contributed by atoms with E-state index in [0.29, 0.717) is 17.1 Å². The Balaban J connectivity index is 2.40. The number of aryl methyl sites for hydroxylation is 2. The molecule has 0 aliphatic carbocycles. The number of nitrogens with two attached hydrogens (primary N) is 1. The van der Waals surface area contributed by atoms with E-state index < -0.39 is 9.84 Å². The zero-order chi connectivity index (χ0) is 13.3. The van der Waals surface area contributed by atoms with Gasteiger partial charge in [0.15, 0.2) is 9.84 Å². The maximum absolute atomic E-state index is 12.3. The van der Waals surface area contributed by atoms with Crippen LogP contribution in [0.15, 0.2) is 29.4 Å². The molecule has 7 heteroatoms. The van der Waals surface area contributed by atoms with E-state index in [1.54, 1.807) is 26.1 Å². The average molecular weight is 266 g/mol. The summed E-state index contributed by atoms with van der Waals surface area (Å²) in [6, 6.07) is 4.75. The number of aromatic nitrogens is 3. The molecule has 0 unspecified atom stereocenters. The molecule has 18 heavy (non-hydrogen) atoms. The fourth-order valence-electron chi connectivity index (χ4n) is 1.72. The van der Waals surface area contributed by atoms with E-state index >= 15 is 0 Å². The number of hydrogen-bond donors (Lipinski definition) is 1. The van der Waals surface area contributed by atoms with Gasteiger partial charge in [0.25, 0.3) is 0 Å². The molecule has 6 nitrogen and oxygen atoms in total. The molecule has 2 rings (SSSR count). The van der Waals surface area contributed by atoms with Crippen LogP contribution in [0.5, 0.6) is 0 Å². The first kappa shape index (κ1) is 12.6. The number of benzene rings is 1. The van der Waals surface area contributed by atoms with Crippen molar-refractivity contribution in [3.05, 3.63) is 35.9 Å². The van der Waals surface area contributed by atoms with Gasteiger partial charge in [-0.25, -0.2) is 13.4 Å². The van der Waals surface area contributed by atoms with Crippen molar-refractivity contribution in [3.63, 3.8) is 0 Å². The molecular formula is C11H14N4O2S. The fourth-order valence-corrected chi connectivity index (χ4v) is 3.30. The Kier molecular flexibility index (Phi) is 3.08. The largest absolute Gasteiger partial charge is 0.399 e. The van der Waals surface area contributed by atoms with Crippen LogP contribution in [-0.4, -0.2) is 23.2 Å². The SMILES string of the molecule is Cc1cc(N)ccc1S(=O)(=O)Cc1ncnn1C. The molecule has 0 aliphatic rings. The Morgan fingerprint density at radius 3 is 2.67 bits per heavy atom. The molecule has 0 spiro atoms. The van der Waals surface area contributed by atoms with Crippen LogP contribution >= 0.6 is 0 Å². The first-order valence-electron chi connectivity index (χ1n) is 5.32. The van der Waals surface area contributed by atoms with Crippen molar-refractivity contribution in [2.75, 3.05) is 5.73 Å². The quantitative estimate of drug-likeness (QED) is 0.825. The molecule has 0 bridgehead atoms. The summed E-state index contributed by atoms with van der Waals surface area (Å²) in [6.45, 7) is 1.72. The van der Waals surface area contributed by atoms with Crippen molar-refractivity contribution >= 4 is 15.5 Å². The van der Waals surface area contributed by atoms with E-state index in [-0.39, 0.29) is 10.6 Å². The van der Waals surface area contributed by atoms with E-state index in [1.165, 1.54) is 17.1 Å². The predicted octanol–water partition coefficient (Wildman–Crippen LogP) is 0.680. The Bertz CT molecular complexity index is 676. The highest BCUT2D eigenvalue weighted by atomic mass is 32.2. The lowest BCUT2D eigenvalue weighted by atomic mass is 10.2. The molecule has 1 aromatic carbocycles. The molecule has 0 radical (unpaired) electrons. The van der Waals surface area contributed by atoms with Gasteiger partial charge >= 0.3 is 0 Å². The van der Waals surface area contributed by atoms with E-state index in [9.17, 15) is 8.42 Å². The summed E-state index contributed by atoms with van der Waals surface area (Å²) in [5.74, 6) is 0.236. The molecular weight excluding hydrogens is 252 g/mol. The molecule has 0 atom stereocenters. The maximum Gasteiger partial charge on any atom is 0.185 e. The third kappa shape index (κ3) is 2.35. The number of nitrogen functional groups attached to an aromatic ring is 1. The Morgan fingerprint density at radius 1 is 1.39 bits per heavy atom. The smallest absolute Gasteiger partial charge is 0.185 e. The van der Waals surface area contributed by atoms with Crippen LogP contribution in [-0.2, 0) is 22.6 Å². The highest BCUT2D eigenvalue weighted by Crippen LogP contribution is 2.21. The summed E-state index contributed by atoms with van der Waals surface area (Å²) >= 11 is 0. The minimum absolute atomic E-state index is 0.172. The standard InChI is InChI=1S/C11H14N4O2S/c1-8-5-9(12)3-4-10(8)18(16,17)6-11-13-7-14-15(11)2/h3-5,7H,6,12H2,1-2H3. The van der Waals surface area contributed by atoms with Gasteiger partial charge < -0.3 is 5.73 Å². The Hall–Kier alpha value is -1.89. The average Bonchev–Trinajstić information content (AvgIpc) is 2.63. The lowest BCUT2D eigenvalue weighted by Crippen LogP contribution is -2.11. The number of hydrogen-bond acceptors (Lipinski definition) is 5. The molecule has 0 saturated heterocycles. The van der Waals surface area contributed by atoms with Crippen molar-refractivity contribution in [2.45, 2.75) is 17.6 Å². The molecule has 1 aromatic heterocycles. The molecule has 0 fully saturated rings. The summed E-state index contributed by atoms with van der Waals surface area (Å²) in [7, 11) is -1.77. The van der Waals surface area contributed by atoms with Crippen LogP contribution in [0.1, 0.15) is 11.4 Å². The van der Waals surface area contributed by atoms with Gasteiger partial charge in [0.2, 0.25) is 0 Å². The minimum atomic E-state index is -3.43. The number of anilines is 1. The van der Waals surface area contributed by atoms with Gasteiger partial charge in [-0.3, -0.25) is 4.68 Å². The second kappa shape index (κ2) is 4.41. The monoisotopic (exact) mass is 266 g/mol. The van der Waals surface area contributed by atoms with Gasteiger partial charge in [-0.05, 0) is 30.7 Å². The zero-order valence-electron chi connectivity index (χ0n) is 10.2. The lowest BCUT2D eigenvalue weighted by molar-refractivity contribution is 0.590. The number of nitrogens with zero attached hydrogens (tertiary/aromatic N) is 3. The van der Waals surface area contributed by atoms with Gasteiger partial charge in [0, 0.05) is 12.7 Å². The van der Waals surface area contributed by atoms with Gasteiger partial charge in [-0.15, -0.1) is 0 Å². The van der Waals surface area contributed by atoms with Gasteiger partial charge in [-0.1, -0.05) is 0 Å². The topological polar surface area (TPSA) is 90.9 Å². The number of rotatable bonds is 3. The second-order valence-corrected chi connectivity index (χ2v) is 6.04. The van der Waals surface area contributed by atoms with Gasteiger partial charge in [0.05, 0.1) is 4.90 Å². The number of sulfone groups is 1. The van der Waals surface area contributed by atoms with Crippen molar-refractivity contribution in [1.82, 2.24) is 14.8 Å². The van der Waals surface area contributed by atoms with Crippen LogP contribution in [0.4, 0.5) is 5.69 Å².